The Morgan fingerprint density at radius 1 is 1.75 bits per heavy atom. The van der Waals surface area contributed by atoms with Crippen LogP contribution in [0, 0.1) is 0 Å². The molecule has 0 aromatic carbocycles. The van der Waals surface area contributed by atoms with Gasteiger partial charge in [-0.05, 0) is 12.8 Å². The van der Waals surface area contributed by atoms with E-state index >= 15 is 0 Å². The fourth-order valence-electron chi connectivity index (χ4n) is 0.872. The molecule has 1 fully saturated rings. The van der Waals surface area contributed by atoms with E-state index in [2.05, 4.69) is 0 Å². The Labute approximate surface area is 48.4 Å². The predicted molar refractivity (Wildman–Crippen MR) is 29.2 cm³/mol. The minimum atomic E-state index is -0.780. The average Bonchev–Trinajstić information content (AvgIpc) is 2.12. The lowest BCUT2D eigenvalue weighted by atomic mass is 10.2. The lowest BCUT2D eigenvalue weighted by Crippen LogP contribution is -2.33. The van der Waals surface area contributed by atoms with E-state index in [1.807, 2.05) is 0 Å². The average molecular weight is 117 g/mol. The molecule has 0 spiro atoms. The summed E-state index contributed by atoms with van der Waals surface area (Å²) in [7, 11) is 0. The van der Waals surface area contributed by atoms with E-state index in [0.717, 1.165) is 19.4 Å². The zero-order chi connectivity index (χ0) is 5.98. The van der Waals surface area contributed by atoms with E-state index in [0.29, 0.717) is 0 Å². The normalized spacial score (nSPS) is 33.0. The van der Waals surface area contributed by atoms with Crippen LogP contribution in [-0.2, 0) is 4.74 Å². The first kappa shape index (κ1) is 6.01. The van der Waals surface area contributed by atoms with Crippen LogP contribution < -0.4 is 5.73 Å². The molecule has 1 saturated heterocycles. The van der Waals surface area contributed by atoms with E-state index in [9.17, 15) is 0 Å². The highest BCUT2D eigenvalue weighted by atomic mass is 16.5. The van der Waals surface area contributed by atoms with Crippen LogP contribution in [-0.4, -0.2) is 24.0 Å². The quantitative estimate of drug-likeness (QED) is 0.453. The van der Waals surface area contributed by atoms with Gasteiger partial charge >= 0.3 is 0 Å². The summed E-state index contributed by atoms with van der Waals surface area (Å²) in [6.45, 7) is 0.749. The standard InChI is InChI=1S/C5H11NO2/c6-5(7)4-2-1-3-8-4/h4-5,7H,1-3,6H2. The van der Waals surface area contributed by atoms with Crippen LogP contribution in [0.4, 0.5) is 0 Å². The summed E-state index contributed by atoms with van der Waals surface area (Å²) in [6.07, 6.45) is 1.05. The highest BCUT2D eigenvalue weighted by Crippen LogP contribution is 2.12. The van der Waals surface area contributed by atoms with Gasteiger partial charge in [-0.3, -0.25) is 0 Å². The largest absolute Gasteiger partial charge is 0.376 e. The van der Waals surface area contributed by atoms with Crippen molar-refractivity contribution >= 4 is 0 Å². The molecule has 1 aliphatic heterocycles. The van der Waals surface area contributed by atoms with E-state index in [-0.39, 0.29) is 6.10 Å². The molecule has 3 heteroatoms. The van der Waals surface area contributed by atoms with Crippen LogP contribution in [0.25, 0.3) is 0 Å². The summed E-state index contributed by atoms with van der Waals surface area (Å²) in [6, 6.07) is 0. The van der Waals surface area contributed by atoms with Gasteiger partial charge in [0.15, 0.2) is 0 Å². The molecule has 1 aliphatic rings. The minimum absolute atomic E-state index is 0.102. The summed E-state index contributed by atoms with van der Waals surface area (Å²) >= 11 is 0. The minimum Gasteiger partial charge on any atom is -0.376 e. The molecular weight excluding hydrogens is 106 g/mol. The summed E-state index contributed by atoms with van der Waals surface area (Å²) in [5.41, 5.74) is 5.13. The number of rotatable bonds is 1. The van der Waals surface area contributed by atoms with Gasteiger partial charge in [0.1, 0.15) is 6.23 Å². The molecule has 3 N–H and O–H groups in total. The maximum Gasteiger partial charge on any atom is 0.128 e. The first-order chi connectivity index (χ1) is 3.80. The first-order valence-corrected chi connectivity index (χ1v) is 2.86. The topological polar surface area (TPSA) is 55.5 Å². The van der Waals surface area contributed by atoms with Gasteiger partial charge in [-0.2, -0.15) is 0 Å². The van der Waals surface area contributed by atoms with Crippen molar-refractivity contribution in [2.45, 2.75) is 25.2 Å². The second kappa shape index (κ2) is 2.44. The van der Waals surface area contributed by atoms with Crippen LogP contribution in [0.2, 0.25) is 0 Å². The molecule has 0 radical (unpaired) electrons. The number of nitrogens with two attached hydrogens (primary N) is 1. The van der Waals surface area contributed by atoms with Crippen molar-refractivity contribution in [3.05, 3.63) is 0 Å². The van der Waals surface area contributed by atoms with Gasteiger partial charge in [-0.15, -0.1) is 0 Å². The molecule has 2 unspecified atom stereocenters. The van der Waals surface area contributed by atoms with E-state index < -0.39 is 6.23 Å². The Hall–Kier alpha value is -0.120. The lowest BCUT2D eigenvalue weighted by Gasteiger charge is -2.10. The van der Waals surface area contributed by atoms with E-state index in [1.54, 1.807) is 0 Å². The SMILES string of the molecule is NC(O)C1CCCO1. The highest BCUT2D eigenvalue weighted by molar-refractivity contribution is 4.68. The third-order valence-corrected chi connectivity index (χ3v) is 1.35. The molecule has 0 aliphatic carbocycles. The number of hydrogen-bond donors (Lipinski definition) is 2. The molecule has 0 bridgehead atoms. The molecule has 3 nitrogen and oxygen atoms in total. The Morgan fingerprint density at radius 3 is 2.75 bits per heavy atom. The Morgan fingerprint density at radius 2 is 2.50 bits per heavy atom. The molecule has 0 aromatic heterocycles. The molecule has 0 amide bonds. The summed E-state index contributed by atoms with van der Waals surface area (Å²) in [5.74, 6) is 0. The third kappa shape index (κ3) is 1.18. The summed E-state index contributed by atoms with van der Waals surface area (Å²) in [5, 5.41) is 8.70. The van der Waals surface area contributed by atoms with Gasteiger partial charge in [0, 0.05) is 6.61 Å². The Bertz CT molecular complexity index is 68.8. The van der Waals surface area contributed by atoms with Crippen molar-refractivity contribution in [2.24, 2.45) is 5.73 Å². The predicted octanol–water partition coefficient (Wildman–Crippen LogP) is -0.558. The number of hydrogen-bond acceptors (Lipinski definition) is 3. The molecule has 0 saturated carbocycles. The zero-order valence-corrected chi connectivity index (χ0v) is 4.71. The summed E-state index contributed by atoms with van der Waals surface area (Å²) < 4.78 is 5.04. The molecule has 0 aromatic rings. The fourth-order valence-corrected chi connectivity index (χ4v) is 0.872. The van der Waals surface area contributed by atoms with Crippen molar-refractivity contribution in [1.29, 1.82) is 0 Å². The maximum absolute atomic E-state index is 8.70. The van der Waals surface area contributed by atoms with Crippen molar-refractivity contribution < 1.29 is 9.84 Å². The van der Waals surface area contributed by atoms with Crippen molar-refractivity contribution in [2.75, 3.05) is 6.61 Å². The van der Waals surface area contributed by atoms with Gasteiger partial charge in [-0.25, -0.2) is 0 Å². The van der Waals surface area contributed by atoms with Gasteiger partial charge in [0.2, 0.25) is 0 Å². The Kier molecular flexibility index (Phi) is 1.83. The summed E-state index contributed by atoms with van der Waals surface area (Å²) in [4.78, 5) is 0. The van der Waals surface area contributed by atoms with Crippen molar-refractivity contribution in [3.8, 4) is 0 Å². The lowest BCUT2D eigenvalue weighted by molar-refractivity contribution is 0.00226. The van der Waals surface area contributed by atoms with Gasteiger partial charge in [0.05, 0.1) is 6.10 Å². The third-order valence-electron chi connectivity index (χ3n) is 1.35. The number of aliphatic hydroxyl groups excluding tert-OH is 1. The molecule has 48 valence electrons. The van der Waals surface area contributed by atoms with E-state index in [1.165, 1.54) is 0 Å². The van der Waals surface area contributed by atoms with Crippen LogP contribution >= 0.6 is 0 Å². The van der Waals surface area contributed by atoms with Crippen LogP contribution in [0.3, 0.4) is 0 Å². The van der Waals surface area contributed by atoms with Gasteiger partial charge in [-0.1, -0.05) is 0 Å². The molecule has 8 heavy (non-hydrogen) atoms. The van der Waals surface area contributed by atoms with Crippen LogP contribution in [0.1, 0.15) is 12.8 Å². The second-order valence-corrected chi connectivity index (χ2v) is 2.04. The van der Waals surface area contributed by atoms with Crippen molar-refractivity contribution in [3.63, 3.8) is 0 Å². The number of ether oxygens (including phenoxy) is 1. The first-order valence-electron chi connectivity index (χ1n) is 2.86. The smallest absolute Gasteiger partial charge is 0.128 e. The molecule has 1 heterocycles. The van der Waals surface area contributed by atoms with Crippen LogP contribution in [0.15, 0.2) is 0 Å². The van der Waals surface area contributed by atoms with Crippen molar-refractivity contribution in [1.82, 2.24) is 0 Å². The molecular formula is C5H11NO2. The maximum atomic E-state index is 8.70. The van der Waals surface area contributed by atoms with E-state index in [4.69, 9.17) is 15.6 Å². The number of aliphatic hydroxyl groups is 1. The molecule has 2 atom stereocenters. The monoisotopic (exact) mass is 117 g/mol. The fraction of sp³-hybridized carbons (Fsp3) is 1.00. The van der Waals surface area contributed by atoms with Crippen LogP contribution in [0.5, 0.6) is 0 Å². The molecule has 1 rings (SSSR count). The highest BCUT2D eigenvalue weighted by Gasteiger charge is 2.20. The van der Waals surface area contributed by atoms with Gasteiger partial charge in [0.25, 0.3) is 0 Å². The second-order valence-electron chi connectivity index (χ2n) is 2.04. The zero-order valence-electron chi connectivity index (χ0n) is 4.71. The van der Waals surface area contributed by atoms with Gasteiger partial charge < -0.3 is 15.6 Å². The Balaban J connectivity index is 2.24.